The molecule has 156 valence electrons. The molecule has 1 heterocycles. The number of methoxy groups -OCH3 is 5. The van der Waals surface area contributed by atoms with E-state index < -0.39 is 0 Å². The van der Waals surface area contributed by atoms with Gasteiger partial charge in [0.25, 0.3) is 0 Å². The van der Waals surface area contributed by atoms with E-state index in [1.807, 2.05) is 29.2 Å². The molecule has 0 N–H and O–H groups in total. The van der Waals surface area contributed by atoms with Gasteiger partial charge in [-0.1, -0.05) is 0 Å². The van der Waals surface area contributed by atoms with Gasteiger partial charge in [0, 0.05) is 6.54 Å². The van der Waals surface area contributed by atoms with Crippen molar-refractivity contribution in [1.29, 1.82) is 0 Å². The molecule has 0 radical (unpaired) electrons. The summed E-state index contributed by atoms with van der Waals surface area (Å²) in [7, 11) is 7.99. The van der Waals surface area contributed by atoms with Crippen LogP contribution in [0.2, 0.25) is 0 Å². The number of nitrogens with zero attached hydrogens (tertiary/aromatic N) is 1. The summed E-state index contributed by atoms with van der Waals surface area (Å²) in [5.74, 6) is 3.05. The minimum Gasteiger partial charge on any atom is -0.493 e. The van der Waals surface area contributed by atoms with E-state index in [4.69, 9.17) is 23.7 Å². The van der Waals surface area contributed by atoms with Crippen LogP contribution in [0.25, 0.3) is 0 Å². The Morgan fingerprint density at radius 3 is 1.97 bits per heavy atom. The first-order valence-electron chi connectivity index (χ1n) is 9.34. The molecular formula is C22H27NO6. The molecule has 7 heteroatoms. The number of hydrogen-bond acceptors (Lipinski definition) is 6. The normalized spacial score (nSPS) is 15.3. The van der Waals surface area contributed by atoms with Gasteiger partial charge in [0.2, 0.25) is 12.2 Å². The van der Waals surface area contributed by atoms with Crippen LogP contribution >= 0.6 is 0 Å². The molecule has 3 rings (SSSR count). The smallest absolute Gasteiger partial charge is 0.210 e. The van der Waals surface area contributed by atoms with Gasteiger partial charge in [-0.25, -0.2) is 0 Å². The Hall–Kier alpha value is -3.09. The molecule has 1 atom stereocenters. The van der Waals surface area contributed by atoms with E-state index in [-0.39, 0.29) is 6.04 Å². The number of ether oxygens (including phenoxy) is 5. The predicted octanol–water partition coefficient (Wildman–Crippen LogP) is 3.03. The maximum atomic E-state index is 11.8. The van der Waals surface area contributed by atoms with Crippen molar-refractivity contribution in [1.82, 2.24) is 4.90 Å². The lowest BCUT2D eigenvalue weighted by molar-refractivity contribution is -0.120. The molecule has 0 fully saturated rings. The molecular weight excluding hydrogens is 374 g/mol. The lowest BCUT2D eigenvalue weighted by atomic mass is 9.88. The third kappa shape index (κ3) is 3.90. The van der Waals surface area contributed by atoms with Crippen molar-refractivity contribution in [2.45, 2.75) is 18.9 Å². The summed E-state index contributed by atoms with van der Waals surface area (Å²) in [4.78, 5) is 13.6. The van der Waals surface area contributed by atoms with Gasteiger partial charge in [-0.3, -0.25) is 4.79 Å². The quantitative estimate of drug-likeness (QED) is 0.634. The standard InChI is InChI=1S/C22H27NO6/c1-25-18-11-15-6-7-23(13-24)17(16(15)12-19(18)26-2)8-14-9-20(27-3)22(29-5)21(10-14)28-4/h9-13,17H,6-8H2,1-5H3. The van der Waals surface area contributed by atoms with E-state index in [1.54, 1.807) is 35.5 Å². The fourth-order valence-electron chi connectivity index (χ4n) is 3.88. The number of rotatable bonds is 8. The highest BCUT2D eigenvalue weighted by molar-refractivity contribution is 5.57. The summed E-state index contributed by atoms with van der Waals surface area (Å²) < 4.78 is 27.3. The summed E-state index contributed by atoms with van der Waals surface area (Å²) >= 11 is 0. The third-order valence-corrected chi connectivity index (χ3v) is 5.33. The van der Waals surface area contributed by atoms with E-state index in [0.29, 0.717) is 41.7 Å². The monoisotopic (exact) mass is 401 g/mol. The molecule has 0 aliphatic carbocycles. The summed E-state index contributed by atoms with van der Waals surface area (Å²) in [6.07, 6.45) is 2.26. The predicted molar refractivity (Wildman–Crippen MR) is 109 cm³/mol. The van der Waals surface area contributed by atoms with Gasteiger partial charge in [-0.2, -0.15) is 0 Å². The van der Waals surface area contributed by atoms with Crippen molar-refractivity contribution in [2.24, 2.45) is 0 Å². The second kappa shape index (κ2) is 8.94. The molecule has 0 saturated heterocycles. The Labute approximate surface area is 171 Å². The number of fused-ring (bicyclic) bond motifs is 1. The van der Waals surface area contributed by atoms with Crippen molar-refractivity contribution in [2.75, 3.05) is 42.1 Å². The number of carbonyl (C=O) groups excluding carboxylic acids is 1. The second-order valence-corrected chi connectivity index (χ2v) is 6.75. The molecule has 1 amide bonds. The van der Waals surface area contributed by atoms with Crippen LogP contribution < -0.4 is 23.7 Å². The number of hydrogen-bond donors (Lipinski definition) is 0. The Morgan fingerprint density at radius 2 is 1.45 bits per heavy atom. The van der Waals surface area contributed by atoms with Crippen molar-refractivity contribution in [3.8, 4) is 28.7 Å². The van der Waals surface area contributed by atoms with Gasteiger partial charge in [0.05, 0.1) is 41.6 Å². The first-order chi connectivity index (χ1) is 14.1. The topological polar surface area (TPSA) is 66.5 Å². The zero-order valence-corrected chi connectivity index (χ0v) is 17.5. The highest BCUT2D eigenvalue weighted by Crippen LogP contribution is 2.42. The summed E-state index contributed by atoms with van der Waals surface area (Å²) in [5.41, 5.74) is 3.17. The molecule has 0 spiro atoms. The lowest BCUT2D eigenvalue weighted by Crippen LogP contribution is -2.35. The van der Waals surface area contributed by atoms with Gasteiger partial charge in [0.1, 0.15) is 0 Å². The fraction of sp³-hybridized carbons (Fsp3) is 0.409. The van der Waals surface area contributed by atoms with E-state index in [9.17, 15) is 4.79 Å². The zero-order chi connectivity index (χ0) is 21.0. The van der Waals surface area contributed by atoms with E-state index in [0.717, 1.165) is 29.5 Å². The first-order valence-corrected chi connectivity index (χ1v) is 9.34. The third-order valence-electron chi connectivity index (χ3n) is 5.33. The fourth-order valence-corrected chi connectivity index (χ4v) is 3.88. The van der Waals surface area contributed by atoms with E-state index in [2.05, 4.69) is 0 Å². The molecule has 2 aromatic carbocycles. The largest absolute Gasteiger partial charge is 0.493 e. The van der Waals surface area contributed by atoms with Crippen LogP contribution in [0.4, 0.5) is 0 Å². The second-order valence-electron chi connectivity index (χ2n) is 6.75. The van der Waals surface area contributed by atoms with Gasteiger partial charge in [-0.05, 0) is 53.8 Å². The van der Waals surface area contributed by atoms with E-state index in [1.165, 1.54) is 0 Å². The van der Waals surface area contributed by atoms with E-state index >= 15 is 0 Å². The Bertz CT molecular complexity index is 857. The van der Waals surface area contributed by atoms with Gasteiger partial charge >= 0.3 is 0 Å². The summed E-state index contributed by atoms with van der Waals surface area (Å²) in [6.45, 7) is 0.640. The minimum absolute atomic E-state index is 0.140. The number of benzene rings is 2. The van der Waals surface area contributed by atoms with Crippen molar-refractivity contribution >= 4 is 6.41 Å². The molecule has 1 aliphatic heterocycles. The van der Waals surface area contributed by atoms with Crippen molar-refractivity contribution in [3.63, 3.8) is 0 Å². The molecule has 0 bridgehead atoms. The SMILES string of the molecule is COc1cc2c(cc1OC)C(Cc1cc(OC)c(OC)c(OC)c1)N(C=O)CC2. The van der Waals surface area contributed by atoms with Crippen molar-refractivity contribution in [3.05, 3.63) is 41.0 Å². The van der Waals surface area contributed by atoms with Gasteiger partial charge < -0.3 is 28.6 Å². The average molecular weight is 401 g/mol. The highest BCUT2D eigenvalue weighted by Gasteiger charge is 2.29. The molecule has 0 aromatic heterocycles. The minimum atomic E-state index is -0.140. The van der Waals surface area contributed by atoms with Crippen LogP contribution in [0, 0.1) is 0 Å². The van der Waals surface area contributed by atoms with Crippen molar-refractivity contribution < 1.29 is 28.5 Å². The van der Waals surface area contributed by atoms with Crippen LogP contribution in [-0.2, 0) is 17.6 Å². The van der Waals surface area contributed by atoms with Crippen LogP contribution in [0.15, 0.2) is 24.3 Å². The summed E-state index contributed by atoms with van der Waals surface area (Å²) in [6, 6.07) is 7.66. The first kappa shape index (κ1) is 20.6. The van der Waals surface area contributed by atoms with Gasteiger partial charge in [-0.15, -0.1) is 0 Å². The van der Waals surface area contributed by atoms with Crippen LogP contribution in [0.3, 0.4) is 0 Å². The molecule has 2 aromatic rings. The average Bonchev–Trinajstić information content (AvgIpc) is 2.77. The Morgan fingerprint density at radius 1 is 0.862 bits per heavy atom. The van der Waals surface area contributed by atoms with Crippen LogP contribution in [0.1, 0.15) is 22.7 Å². The molecule has 29 heavy (non-hydrogen) atoms. The maximum absolute atomic E-state index is 11.8. The molecule has 7 nitrogen and oxygen atoms in total. The lowest BCUT2D eigenvalue weighted by Gasteiger charge is -2.35. The Balaban J connectivity index is 2.05. The summed E-state index contributed by atoms with van der Waals surface area (Å²) in [5, 5.41) is 0. The highest BCUT2D eigenvalue weighted by atomic mass is 16.5. The molecule has 1 unspecified atom stereocenters. The molecule has 1 aliphatic rings. The van der Waals surface area contributed by atoms with Crippen LogP contribution in [0.5, 0.6) is 28.7 Å². The number of amides is 1. The number of carbonyl (C=O) groups is 1. The van der Waals surface area contributed by atoms with Crippen LogP contribution in [-0.4, -0.2) is 53.4 Å². The molecule has 0 saturated carbocycles. The maximum Gasteiger partial charge on any atom is 0.210 e. The Kier molecular flexibility index (Phi) is 6.36. The zero-order valence-electron chi connectivity index (χ0n) is 17.5. The van der Waals surface area contributed by atoms with Gasteiger partial charge in [0.15, 0.2) is 23.0 Å².